The summed E-state index contributed by atoms with van der Waals surface area (Å²) in [7, 11) is -4.79. The Labute approximate surface area is 486 Å². The van der Waals surface area contributed by atoms with Gasteiger partial charge in [0.25, 0.3) is 0 Å². The van der Waals surface area contributed by atoms with E-state index in [1.165, 1.54) is 25.7 Å². The molecule has 0 amide bonds. The highest BCUT2D eigenvalue weighted by atomic mass is 31.2. The van der Waals surface area contributed by atoms with Gasteiger partial charge in [0.15, 0.2) is 6.10 Å². The van der Waals surface area contributed by atoms with Crippen LogP contribution in [0, 0.1) is 0 Å². The number of aliphatic hydroxyl groups is 1. The Hall–Kier alpha value is -4.64. The molecule has 0 aromatic carbocycles. The molecular formula is C68H109O11P. The predicted octanol–water partition coefficient (Wildman–Crippen LogP) is 18.7. The van der Waals surface area contributed by atoms with Gasteiger partial charge in [-0.1, -0.05) is 231 Å². The van der Waals surface area contributed by atoms with Crippen molar-refractivity contribution in [3.05, 3.63) is 146 Å². The number of carbonyl (C=O) groups is 3. The summed E-state index contributed by atoms with van der Waals surface area (Å²) in [4.78, 5) is 48.6. The minimum atomic E-state index is -4.79. The predicted molar refractivity (Wildman–Crippen MR) is 334 cm³/mol. The second kappa shape index (κ2) is 60.5. The highest BCUT2D eigenvalue weighted by Crippen LogP contribution is 2.43. The molecule has 0 radical (unpaired) electrons. The molecule has 12 heteroatoms. The number of allylic oxidation sites excluding steroid dienone is 23. The highest BCUT2D eigenvalue weighted by Gasteiger charge is 2.28. The number of ether oxygens (including phenoxy) is 3. The maximum atomic E-state index is 12.9. The molecule has 0 aromatic rings. The van der Waals surface area contributed by atoms with Gasteiger partial charge in [0.05, 0.1) is 26.2 Å². The molecule has 0 rings (SSSR count). The largest absolute Gasteiger partial charge is 0.472 e. The zero-order valence-corrected chi connectivity index (χ0v) is 50.9. The van der Waals surface area contributed by atoms with Crippen LogP contribution < -0.4 is 0 Å². The lowest BCUT2D eigenvalue weighted by Gasteiger charge is -2.21. The van der Waals surface area contributed by atoms with E-state index in [2.05, 4.69) is 142 Å². The number of esters is 3. The summed E-state index contributed by atoms with van der Waals surface area (Å²) in [5.41, 5.74) is 0. The Morgan fingerprint density at radius 1 is 0.375 bits per heavy atom. The quantitative estimate of drug-likeness (QED) is 0.0197. The third-order valence-corrected chi connectivity index (χ3v) is 13.2. The van der Waals surface area contributed by atoms with Gasteiger partial charge in [-0.05, 0) is 122 Å². The Bertz CT molecular complexity index is 1900. The number of carbonyl (C=O) groups excluding carboxylic acids is 3. The molecule has 0 bridgehead atoms. The van der Waals surface area contributed by atoms with Gasteiger partial charge in [-0.15, -0.1) is 0 Å². The zero-order chi connectivity index (χ0) is 58.3. The monoisotopic (exact) mass is 1130 g/mol. The van der Waals surface area contributed by atoms with E-state index in [9.17, 15) is 28.9 Å². The van der Waals surface area contributed by atoms with E-state index in [0.29, 0.717) is 19.3 Å². The summed E-state index contributed by atoms with van der Waals surface area (Å²) in [6.45, 7) is 4.24. The van der Waals surface area contributed by atoms with Crippen LogP contribution in [0.15, 0.2) is 146 Å². The molecule has 3 unspecified atom stereocenters. The number of phosphoric acid groups is 1. The van der Waals surface area contributed by atoms with E-state index in [4.69, 9.17) is 23.3 Å². The van der Waals surface area contributed by atoms with Crippen LogP contribution >= 0.6 is 7.82 Å². The number of hydrogen-bond donors (Lipinski definition) is 2. The van der Waals surface area contributed by atoms with Crippen molar-refractivity contribution in [3.63, 3.8) is 0 Å². The van der Waals surface area contributed by atoms with Gasteiger partial charge in [0.1, 0.15) is 12.7 Å². The summed E-state index contributed by atoms with van der Waals surface area (Å²) < 4.78 is 39.5. The van der Waals surface area contributed by atoms with Crippen LogP contribution in [0.25, 0.3) is 0 Å². The summed E-state index contributed by atoms with van der Waals surface area (Å²) in [6.07, 6.45) is 78.2. The minimum Gasteiger partial charge on any atom is -0.462 e. The number of hydrogen-bond acceptors (Lipinski definition) is 10. The van der Waals surface area contributed by atoms with Crippen molar-refractivity contribution < 1.29 is 52.2 Å². The van der Waals surface area contributed by atoms with Gasteiger partial charge in [0.2, 0.25) is 0 Å². The van der Waals surface area contributed by atoms with Crippen LogP contribution in [-0.2, 0) is 42.2 Å². The standard InChI is InChI=1S/C68H109O11P/c1-4-7-10-13-16-19-22-25-28-30-32-34-37-39-42-45-48-51-54-57-66(70)75-61-65(79-68(72)59-56-53-50-47-44-41-38-35-33-31-29-26-23-20-17-14-11-8-5-2)63-77-80(73,74)76-62-64(60-69)78-67(71)58-55-52-49-46-43-40-36-27-24-21-18-15-12-9-6-3/h8-9,11-12,16-21,25-29,32-36,43,46,52,55,64-65,69H,4-7,10,13-15,22-24,30-31,37-42,44-45,47-51,53-54,56-63H2,1-3H3,(H,73,74)/b11-8-,12-9-,19-16-,20-17-,21-18-,28-25-,29-26-,34-32-,35-33-,36-27-,46-43-,55-52-. The zero-order valence-electron chi connectivity index (χ0n) is 50.0. The number of phosphoric ester groups is 1. The van der Waals surface area contributed by atoms with E-state index in [1.807, 2.05) is 18.2 Å². The van der Waals surface area contributed by atoms with E-state index >= 15 is 0 Å². The SMILES string of the molecule is CC/C=C\C/C=C\C/C=C\C/C=C\C/C=C\CC(=O)OC(CO)COP(=O)(O)OCC(COC(=O)CCCCCCCC/C=C\C/C=C\C/C=C\CCCCC)OC(=O)CCCCCCCC/C=C\C/C=C\C/C=C\C/C=C\CC. The smallest absolute Gasteiger partial charge is 0.462 e. The number of aliphatic hydroxyl groups excluding tert-OH is 1. The number of rotatable bonds is 55. The van der Waals surface area contributed by atoms with Gasteiger partial charge in [-0.2, -0.15) is 0 Å². The van der Waals surface area contributed by atoms with Gasteiger partial charge in [0, 0.05) is 12.8 Å². The lowest BCUT2D eigenvalue weighted by atomic mass is 10.1. The van der Waals surface area contributed by atoms with Crippen molar-refractivity contribution in [1.82, 2.24) is 0 Å². The molecule has 3 atom stereocenters. The normalized spacial score (nSPS) is 14.3. The first-order valence-electron chi connectivity index (χ1n) is 30.7. The van der Waals surface area contributed by atoms with E-state index in [1.54, 1.807) is 6.08 Å². The first-order valence-corrected chi connectivity index (χ1v) is 32.2. The molecule has 80 heavy (non-hydrogen) atoms. The van der Waals surface area contributed by atoms with Crippen molar-refractivity contribution in [2.24, 2.45) is 0 Å². The molecule has 0 aliphatic carbocycles. The Kier molecular flexibility index (Phi) is 56.9. The Morgan fingerprint density at radius 3 is 1.10 bits per heavy atom. The molecule has 11 nitrogen and oxygen atoms in total. The second-order valence-corrected chi connectivity index (χ2v) is 21.2. The van der Waals surface area contributed by atoms with Crippen LogP contribution in [0.3, 0.4) is 0 Å². The van der Waals surface area contributed by atoms with Gasteiger partial charge >= 0.3 is 25.7 Å². The molecule has 452 valence electrons. The van der Waals surface area contributed by atoms with Crippen molar-refractivity contribution in [2.75, 3.05) is 26.4 Å². The Morgan fingerprint density at radius 2 is 0.700 bits per heavy atom. The van der Waals surface area contributed by atoms with Gasteiger partial charge < -0.3 is 24.2 Å². The third kappa shape index (κ3) is 58.0. The highest BCUT2D eigenvalue weighted by molar-refractivity contribution is 7.47. The van der Waals surface area contributed by atoms with E-state index in [-0.39, 0.29) is 25.9 Å². The molecule has 0 spiro atoms. The summed E-state index contributed by atoms with van der Waals surface area (Å²) in [6, 6.07) is 0. The third-order valence-electron chi connectivity index (χ3n) is 12.3. The molecule has 0 aromatic heterocycles. The van der Waals surface area contributed by atoms with E-state index in [0.717, 1.165) is 141 Å². The van der Waals surface area contributed by atoms with Crippen molar-refractivity contribution in [2.45, 2.75) is 238 Å². The van der Waals surface area contributed by atoms with Crippen LogP contribution in [0.1, 0.15) is 226 Å². The minimum absolute atomic E-state index is 0.0644. The first-order chi connectivity index (χ1) is 39.2. The lowest BCUT2D eigenvalue weighted by Crippen LogP contribution is -2.30. The maximum absolute atomic E-state index is 12.9. The first kappa shape index (κ1) is 75.4. The van der Waals surface area contributed by atoms with Crippen molar-refractivity contribution in [1.29, 1.82) is 0 Å². The lowest BCUT2D eigenvalue weighted by molar-refractivity contribution is -0.161. The van der Waals surface area contributed by atoms with Crippen LogP contribution in [-0.4, -0.2) is 66.5 Å². The molecule has 0 aliphatic heterocycles. The molecule has 0 saturated heterocycles. The molecule has 0 saturated carbocycles. The average Bonchev–Trinajstić information content (AvgIpc) is 3.45. The Balaban J connectivity index is 4.87. The molecule has 0 heterocycles. The van der Waals surface area contributed by atoms with Crippen LogP contribution in [0.2, 0.25) is 0 Å². The molecule has 2 N–H and O–H groups in total. The molecule has 0 fully saturated rings. The van der Waals surface area contributed by atoms with Crippen LogP contribution in [0.5, 0.6) is 0 Å². The summed E-state index contributed by atoms with van der Waals surface area (Å²) >= 11 is 0. The molecule has 0 aliphatic rings. The van der Waals surface area contributed by atoms with Crippen molar-refractivity contribution >= 4 is 25.7 Å². The van der Waals surface area contributed by atoms with Crippen LogP contribution in [0.4, 0.5) is 0 Å². The second-order valence-electron chi connectivity index (χ2n) is 19.8. The fraction of sp³-hybridized carbons (Fsp3) is 0.603. The van der Waals surface area contributed by atoms with Crippen molar-refractivity contribution in [3.8, 4) is 0 Å². The summed E-state index contributed by atoms with van der Waals surface area (Å²) in [5.74, 6) is -1.65. The number of unbranched alkanes of at least 4 members (excludes halogenated alkanes) is 15. The van der Waals surface area contributed by atoms with E-state index < -0.39 is 57.8 Å². The van der Waals surface area contributed by atoms with Gasteiger partial charge in [-0.3, -0.25) is 23.4 Å². The fourth-order valence-corrected chi connectivity index (χ4v) is 8.45. The average molecular weight is 1130 g/mol. The molecular weight excluding hydrogens is 1020 g/mol. The maximum Gasteiger partial charge on any atom is 0.472 e. The topological polar surface area (TPSA) is 155 Å². The fourth-order valence-electron chi connectivity index (χ4n) is 7.66. The summed E-state index contributed by atoms with van der Waals surface area (Å²) in [5, 5.41) is 9.81. The van der Waals surface area contributed by atoms with Gasteiger partial charge in [-0.25, -0.2) is 4.57 Å².